The van der Waals surface area contributed by atoms with Crippen LogP contribution in [0.15, 0.2) is 16.3 Å². The third-order valence-electron chi connectivity index (χ3n) is 2.78. The number of carboxylic acids is 1. The van der Waals surface area contributed by atoms with E-state index in [0.717, 1.165) is 5.71 Å². The summed E-state index contributed by atoms with van der Waals surface area (Å²) >= 11 is 7.24. The zero-order valence-corrected chi connectivity index (χ0v) is 12.8. The molecule has 0 aromatic rings. The van der Waals surface area contributed by atoms with Gasteiger partial charge in [0.25, 0.3) is 5.91 Å². The molecule has 1 N–H and O–H groups in total. The van der Waals surface area contributed by atoms with Crippen molar-refractivity contribution < 1.29 is 14.7 Å². The second kappa shape index (κ2) is 6.15. The number of β-lactam (4-membered cyclic amide) rings is 1. The molecule has 0 aliphatic carbocycles. The maximum atomic E-state index is 12.0. The zero-order valence-electron chi connectivity index (χ0n) is 10.4. The van der Waals surface area contributed by atoms with Crippen LogP contribution < -0.4 is 0 Å². The Morgan fingerprint density at radius 3 is 2.68 bits per heavy atom. The smallest absolute Gasteiger partial charge is 0.352 e. The fourth-order valence-electron chi connectivity index (χ4n) is 2.03. The largest absolute Gasteiger partial charge is 0.477 e. The summed E-state index contributed by atoms with van der Waals surface area (Å²) in [5.41, 5.74) is 1.45. The Hall–Kier alpha value is -0.720. The van der Waals surface area contributed by atoms with Crippen molar-refractivity contribution in [2.24, 2.45) is 4.99 Å². The Balaban J connectivity index is 0.00000180. The van der Waals surface area contributed by atoms with Crippen LogP contribution in [0.4, 0.5) is 0 Å². The SMILES string of the molecule is CC(C)=N[C@@H]1C(=O)N2C(C(=O)O)=C(CCl)CS[C@H]12.Cl. The first-order valence-electron chi connectivity index (χ1n) is 5.44. The van der Waals surface area contributed by atoms with Gasteiger partial charge in [0.1, 0.15) is 11.1 Å². The van der Waals surface area contributed by atoms with Crippen LogP contribution in [0.2, 0.25) is 0 Å². The molecule has 0 unspecified atom stereocenters. The molecule has 2 atom stereocenters. The Morgan fingerprint density at radius 1 is 1.58 bits per heavy atom. The van der Waals surface area contributed by atoms with Crippen LogP contribution in [0.1, 0.15) is 13.8 Å². The molecular formula is C11H14Cl2N2O3S. The molecule has 0 radical (unpaired) electrons. The number of fused-ring (bicyclic) bond motifs is 1. The van der Waals surface area contributed by atoms with Crippen molar-refractivity contribution in [1.29, 1.82) is 0 Å². The normalized spacial score (nSPS) is 25.2. The summed E-state index contributed by atoms with van der Waals surface area (Å²) in [6.07, 6.45) is 0. The predicted octanol–water partition coefficient (Wildman–Crippen LogP) is 1.75. The van der Waals surface area contributed by atoms with Crippen LogP contribution in [-0.2, 0) is 9.59 Å². The minimum absolute atomic E-state index is 0. The lowest BCUT2D eigenvalue weighted by atomic mass is 10.0. The van der Waals surface area contributed by atoms with Gasteiger partial charge in [-0.3, -0.25) is 14.7 Å². The fourth-order valence-corrected chi connectivity index (χ4v) is 3.69. The van der Waals surface area contributed by atoms with Crippen LogP contribution in [0.5, 0.6) is 0 Å². The van der Waals surface area contributed by atoms with Gasteiger partial charge in [0.2, 0.25) is 0 Å². The highest BCUT2D eigenvalue weighted by Crippen LogP contribution is 2.41. The second-order valence-corrected chi connectivity index (χ2v) is 5.69. The average Bonchev–Trinajstić information content (AvgIpc) is 2.33. The molecule has 2 aliphatic rings. The summed E-state index contributed by atoms with van der Waals surface area (Å²) < 4.78 is 0. The van der Waals surface area contributed by atoms with E-state index in [0.29, 0.717) is 11.3 Å². The number of aliphatic carboxylic acids is 1. The Bertz CT molecular complexity index is 475. The molecular weight excluding hydrogens is 311 g/mol. The summed E-state index contributed by atoms with van der Waals surface area (Å²) in [5.74, 6) is -0.686. The van der Waals surface area contributed by atoms with Gasteiger partial charge in [0.15, 0.2) is 6.04 Å². The zero-order chi connectivity index (χ0) is 13.4. The number of rotatable bonds is 3. The van der Waals surface area contributed by atoms with Crippen molar-refractivity contribution in [2.45, 2.75) is 25.3 Å². The van der Waals surface area contributed by atoms with Gasteiger partial charge in [-0.15, -0.1) is 35.8 Å². The number of thioether (sulfide) groups is 1. The lowest BCUT2D eigenvalue weighted by Gasteiger charge is -2.47. The maximum Gasteiger partial charge on any atom is 0.352 e. The minimum Gasteiger partial charge on any atom is -0.477 e. The molecule has 2 aliphatic heterocycles. The number of halogens is 2. The van der Waals surface area contributed by atoms with Gasteiger partial charge in [-0.1, -0.05) is 0 Å². The number of amides is 1. The molecule has 5 nitrogen and oxygen atoms in total. The second-order valence-electron chi connectivity index (χ2n) is 4.32. The topological polar surface area (TPSA) is 70.0 Å². The van der Waals surface area contributed by atoms with E-state index in [1.165, 1.54) is 16.7 Å². The van der Waals surface area contributed by atoms with Gasteiger partial charge >= 0.3 is 5.97 Å². The molecule has 0 aromatic carbocycles. The first-order valence-corrected chi connectivity index (χ1v) is 7.02. The lowest BCUT2D eigenvalue weighted by molar-refractivity contribution is -0.147. The number of hydrogen-bond acceptors (Lipinski definition) is 4. The number of carbonyl (C=O) groups excluding carboxylic acids is 1. The van der Waals surface area contributed by atoms with Crippen molar-refractivity contribution in [3.05, 3.63) is 11.3 Å². The maximum absolute atomic E-state index is 12.0. The number of hydrogen-bond donors (Lipinski definition) is 1. The summed E-state index contributed by atoms with van der Waals surface area (Å²) in [7, 11) is 0. The van der Waals surface area contributed by atoms with Gasteiger partial charge in [-0.2, -0.15) is 0 Å². The summed E-state index contributed by atoms with van der Waals surface area (Å²) in [6.45, 7) is 3.64. The Labute approximate surface area is 126 Å². The molecule has 1 fully saturated rings. The van der Waals surface area contributed by atoms with Crippen LogP contribution in [0.3, 0.4) is 0 Å². The lowest BCUT2D eigenvalue weighted by Crippen LogP contribution is -2.64. The van der Waals surface area contributed by atoms with E-state index in [9.17, 15) is 14.7 Å². The molecule has 0 aromatic heterocycles. The summed E-state index contributed by atoms with van der Waals surface area (Å²) in [4.78, 5) is 28.8. The van der Waals surface area contributed by atoms with E-state index in [4.69, 9.17) is 11.6 Å². The van der Waals surface area contributed by atoms with Crippen LogP contribution in [0.25, 0.3) is 0 Å². The highest BCUT2D eigenvalue weighted by atomic mass is 35.5. The van der Waals surface area contributed by atoms with Gasteiger partial charge < -0.3 is 5.11 Å². The van der Waals surface area contributed by atoms with Crippen LogP contribution in [0, 0.1) is 0 Å². The van der Waals surface area contributed by atoms with Crippen molar-refractivity contribution in [3.8, 4) is 0 Å². The highest BCUT2D eigenvalue weighted by Gasteiger charge is 2.53. The summed E-state index contributed by atoms with van der Waals surface area (Å²) in [6, 6.07) is -0.453. The number of nitrogens with zero attached hydrogens (tertiary/aromatic N) is 2. The van der Waals surface area contributed by atoms with Crippen molar-refractivity contribution in [1.82, 2.24) is 4.90 Å². The third-order valence-corrected chi connectivity index (χ3v) is 4.43. The first kappa shape index (κ1) is 16.3. The number of alkyl halides is 1. The minimum atomic E-state index is -1.10. The van der Waals surface area contributed by atoms with Crippen LogP contribution in [-0.4, -0.2) is 50.6 Å². The Kier molecular flexibility index (Phi) is 5.29. The van der Waals surface area contributed by atoms with Crippen molar-refractivity contribution in [2.75, 3.05) is 11.6 Å². The molecule has 8 heteroatoms. The van der Waals surface area contributed by atoms with Gasteiger partial charge in [0.05, 0.1) is 0 Å². The molecule has 2 heterocycles. The van der Waals surface area contributed by atoms with Gasteiger partial charge in [0, 0.05) is 17.3 Å². The third kappa shape index (κ3) is 2.75. The molecule has 0 saturated carbocycles. The van der Waals surface area contributed by atoms with Crippen molar-refractivity contribution >= 4 is 53.4 Å². The number of carboxylic acid groups (broad SMARTS) is 1. The van der Waals surface area contributed by atoms with Crippen molar-refractivity contribution in [3.63, 3.8) is 0 Å². The van der Waals surface area contributed by atoms with E-state index < -0.39 is 12.0 Å². The number of aliphatic imine (C=N–C) groups is 1. The van der Waals surface area contributed by atoms with E-state index in [1.54, 1.807) is 0 Å². The monoisotopic (exact) mass is 324 g/mol. The molecule has 106 valence electrons. The molecule has 19 heavy (non-hydrogen) atoms. The molecule has 1 saturated heterocycles. The van der Waals surface area contributed by atoms with Gasteiger partial charge in [-0.25, -0.2) is 4.79 Å². The first-order chi connectivity index (χ1) is 8.47. The van der Waals surface area contributed by atoms with E-state index in [2.05, 4.69) is 4.99 Å². The van der Waals surface area contributed by atoms with Gasteiger partial charge in [-0.05, 0) is 19.4 Å². The Morgan fingerprint density at radius 2 is 2.21 bits per heavy atom. The predicted molar refractivity (Wildman–Crippen MR) is 78.3 cm³/mol. The highest BCUT2D eigenvalue weighted by molar-refractivity contribution is 8.00. The molecule has 2 rings (SSSR count). The summed E-state index contributed by atoms with van der Waals surface area (Å²) in [5, 5.41) is 8.99. The quantitative estimate of drug-likeness (QED) is 0.488. The standard InChI is InChI=1S/C11H13ClN2O3S.ClH/c1-5(2)13-7-9(15)14-8(11(16)17)6(3-12)4-18-10(7)14;/h7,10H,3-4H2,1-2H3,(H,16,17);1H/t7-,10-;/m1./s1. The van der Waals surface area contributed by atoms with Crippen LogP contribution >= 0.6 is 35.8 Å². The number of carbonyl (C=O) groups is 2. The molecule has 1 amide bonds. The fraction of sp³-hybridized carbons (Fsp3) is 0.545. The van der Waals surface area contributed by atoms with E-state index >= 15 is 0 Å². The molecule has 0 spiro atoms. The molecule has 0 bridgehead atoms. The van der Waals surface area contributed by atoms with E-state index in [-0.39, 0.29) is 35.3 Å². The average molecular weight is 325 g/mol. The van der Waals surface area contributed by atoms with E-state index in [1.807, 2.05) is 13.8 Å².